The molecule has 0 radical (unpaired) electrons. The highest BCUT2D eigenvalue weighted by Crippen LogP contribution is 2.21. The molecule has 0 atom stereocenters. The van der Waals surface area contributed by atoms with E-state index < -0.39 is 0 Å². The molecule has 0 bridgehead atoms. The van der Waals surface area contributed by atoms with Crippen molar-refractivity contribution in [1.29, 1.82) is 0 Å². The third kappa shape index (κ3) is 3.10. The molecule has 1 aromatic rings. The summed E-state index contributed by atoms with van der Waals surface area (Å²) in [4.78, 5) is 14.1. The van der Waals surface area contributed by atoms with Gasteiger partial charge in [-0.3, -0.25) is 4.90 Å². The molecule has 0 amide bonds. The SMILES string of the molecule is Cc1cc(C)nc(N2CCC(N3CCOCC3)CC2)n1. The molecule has 0 aliphatic carbocycles. The Morgan fingerprint density at radius 3 is 2.20 bits per heavy atom. The first-order chi connectivity index (χ1) is 9.72. The number of ether oxygens (including phenoxy) is 1. The van der Waals surface area contributed by atoms with Crippen LogP contribution in [0.2, 0.25) is 0 Å². The van der Waals surface area contributed by atoms with Crippen LogP contribution in [0.4, 0.5) is 5.95 Å². The third-order valence-corrected chi connectivity index (χ3v) is 4.28. The van der Waals surface area contributed by atoms with Gasteiger partial charge in [-0.1, -0.05) is 0 Å². The molecule has 20 heavy (non-hydrogen) atoms. The van der Waals surface area contributed by atoms with Gasteiger partial charge in [0.15, 0.2) is 0 Å². The van der Waals surface area contributed by atoms with Gasteiger partial charge in [0.1, 0.15) is 0 Å². The Bertz CT molecular complexity index is 431. The van der Waals surface area contributed by atoms with Gasteiger partial charge in [0, 0.05) is 43.6 Å². The zero-order valence-electron chi connectivity index (χ0n) is 12.5. The van der Waals surface area contributed by atoms with E-state index in [1.54, 1.807) is 0 Å². The Morgan fingerprint density at radius 1 is 1.00 bits per heavy atom. The monoisotopic (exact) mass is 276 g/mol. The lowest BCUT2D eigenvalue weighted by Gasteiger charge is -2.40. The lowest BCUT2D eigenvalue weighted by molar-refractivity contribution is 0.0114. The second kappa shape index (κ2) is 6.06. The molecule has 2 saturated heterocycles. The first-order valence-electron chi connectivity index (χ1n) is 7.61. The summed E-state index contributed by atoms with van der Waals surface area (Å²) >= 11 is 0. The molecule has 5 heteroatoms. The Morgan fingerprint density at radius 2 is 1.60 bits per heavy atom. The minimum atomic E-state index is 0.709. The molecule has 0 unspecified atom stereocenters. The third-order valence-electron chi connectivity index (χ3n) is 4.28. The summed E-state index contributed by atoms with van der Waals surface area (Å²) < 4.78 is 5.44. The number of hydrogen-bond acceptors (Lipinski definition) is 5. The molecule has 3 rings (SSSR count). The lowest BCUT2D eigenvalue weighted by Crippen LogP contribution is -2.49. The molecule has 5 nitrogen and oxygen atoms in total. The average Bonchev–Trinajstić information content (AvgIpc) is 2.47. The van der Waals surface area contributed by atoms with Gasteiger partial charge in [0.25, 0.3) is 0 Å². The number of hydrogen-bond donors (Lipinski definition) is 0. The van der Waals surface area contributed by atoms with E-state index in [1.807, 2.05) is 19.9 Å². The normalized spacial score (nSPS) is 22.2. The molecular weight excluding hydrogens is 252 g/mol. The van der Waals surface area contributed by atoms with Gasteiger partial charge in [-0.15, -0.1) is 0 Å². The summed E-state index contributed by atoms with van der Waals surface area (Å²) in [6.45, 7) is 10.2. The van der Waals surface area contributed by atoms with Gasteiger partial charge in [-0.05, 0) is 32.8 Å². The number of piperidine rings is 1. The summed E-state index contributed by atoms with van der Waals surface area (Å²) in [7, 11) is 0. The van der Waals surface area contributed by atoms with E-state index in [0.717, 1.165) is 56.7 Å². The van der Waals surface area contributed by atoms with Crippen LogP contribution in [0, 0.1) is 13.8 Å². The fourth-order valence-corrected chi connectivity index (χ4v) is 3.22. The van der Waals surface area contributed by atoms with Gasteiger partial charge in [-0.25, -0.2) is 9.97 Å². The van der Waals surface area contributed by atoms with E-state index in [4.69, 9.17) is 4.74 Å². The Kier molecular flexibility index (Phi) is 4.17. The molecule has 0 N–H and O–H groups in total. The first-order valence-corrected chi connectivity index (χ1v) is 7.61. The van der Waals surface area contributed by atoms with E-state index in [0.29, 0.717) is 6.04 Å². The smallest absolute Gasteiger partial charge is 0.225 e. The van der Waals surface area contributed by atoms with Crippen molar-refractivity contribution in [3.63, 3.8) is 0 Å². The summed E-state index contributed by atoms with van der Waals surface area (Å²) in [5.74, 6) is 0.905. The van der Waals surface area contributed by atoms with Gasteiger partial charge in [-0.2, -0.15) is 0 Å². The van der Waals surface area contributed by atoms with Crippen LogP contribution in [-0.4, -0.2) is 60.3 Å². The van der Waals surface area contributed by atoms with Crippen molar-refractivity contribution in [2.75, 3.05) is 44.3 Å². The molecule has 0 saturated carbocycles. The molecule has 0 aromatic carbocycles. The number of aryl methyl sites for hydroxylation is 2. The summed E-state index contributed by atoms with van der Waals surface area (Å²) in [5, 5.41) is 0. The molecule has 3 heterocycles. The highest BCUT2D eigenvalue weighted by Gasteiger charge is 2.26. The van der Waals surface area contributed by atoms with Gasteiger partial charge >= 0.3 is 0 Å². The van der Waals surface area contributed by atoms with E-state index >= 15 is 0 Å². The maximum atomic E-state index is 5.44. The standard InChI is InChI=1S/C15H24N4O/c1-12-11-13(2)17-15(16-12)19-5-3-14(4-6-19)18-7-9-20-10-8-18/h11,14H,3-10H2,1-2H3. The van der Waals surface area contributed by atoms with Crippen LogP contribution in [0.25, 0.3) is 0 Å². The van der Waals surface area contributed by atoms with E-state index in [2.05, 4.69) is 19.8 Å². The van der Waals surface area contributed by atoms with Gasteiger partial charge in [0.2, 0.25) is 5.95 Å². The number of rotatable bonds is 2. The van der Waals surface area contributed by atoms with Crippen molar-refractivity contribution in [3.05, 3.63) is 17.5 Å². The van der Waals surface area contributed by atoms with Crippen molar-refractivity contribution in [2.24, 2.45) is 0 Å². The Labute approximate surface area is 121 Å². The van der Waals surface area contributed by atoms with Crippen molar-refractivity contribution in [2.45, 2.75) is 32.7 Å². The van der Waals surface area contributed by atoms with E-state index in [-0.39, 0.29) is 0 Å². The highest BCUT2D eigenvalue weighted by molar-refractivity contribution is 5.32. The van der Waals surface area contributed by atoms with E-state index in [1.165, 1.54) is 12.8 Å². The van der Waals surface area contributed by atoms with Crippen molar-refractivity contribution in [1.82, 2.24) is 14.9 Å². The van der Waals surface area contributed by atoms with Gasteiger partial charge < -0.3 is 9.64 Å². The number of anilines is 1. The minimum absolute atomic E-state index is 0.709. The van der Waals surface area contributed by atoms with Crippen molar-refractivity contribution < 1.29 is 4.74 Å². The number of morpholine rings is 1. The predicted octanol–water partition coefficient (Wildman–Crippen LogP) is 1.39. The predicted molar refractivity (Wildman–Crippen MR) is 79.1 cm³/mol. The quantitative estimate of drug-likeness (QED) is 0.816. The van der Waals surface area contributed by atoms with Gasteiger partial charge in [0.05, 0.1) is 13.2 Å². The second-order valence-electron chi connectivity index (χ2n) is 5.82. The largest absolute Gasteiger partial charge is 0.379 e. The van der Waals surface area contributed by atoms with Crippen molar-refractivity contribution in [3.8, 4) is 0 Å². The lowest BCUT2D eigenvalue weighted by atomic mass is 10.0. The van der Waals surface area contributed by atoms with Crippen LogP contribution in [0.1, 0.15) is 24.2 Å². The van der Waals surface area contributed by atoms with Crippen LogP contribution in [0.5, 0.6) is 0 Å². The fraction of sp³-hybridized carbons (Fsp3) is 0.733. The molecular formula is C15H24N4O. The fourth-order valence-electron chi connectivity index (χ4n) is 3.22. The van der Waals surface area contributed by atoms with E-state index in [9.17, 15) is 0 Å². The zero-order chi connectivity index (χ0) is 13.9. The van der Waals surface area contributed by atoms with Crippen LogP contribution < -0.4 is 4.90 Å². The van der Waals surface area contributed by atoms with Crippen LogP contribution >= 0.6 is 0 Å². The summed E-state index contributed by atoms with van der Waals surface area (Å²) in [5.41, 5.74) is 2.12. The van der Waals surface area contributed by atoms with Crippen molar-refractivity contribution >= 4 is 5.95 Å². The maximum absolute atomic E-state index is 5.44. The highest BCUT2D eigenvalue weighted by atomic mass is 16.5. The molecule has 2 fully saturated rings. The maximum Gasteiger partial charge on any atom is 0.225 e. The molecule has 2 aliphatic rings. The molecule has 1 aromatic heterocycles. The second-order valence-corrected chi connectivity index (χ2v) is 5.82. The molecule has 2 aliphatic heterocycles. The number of nitrogens with zero attached hydrogens (tertiary/aromatic N) is 4. The first kappa shape index (κ1) is 13.8. The zero-order valence-corrected chi connectivity index (χ0v) is 12.5. The molecule has 0 spiro atoms. The topological polar surface area (TPSA) is 41.5 Å². The average molecular weight is 276 g/mol. The number of aromatic nitrogens is 2. The summed E-state index contributed by atoms with van der Waals surface area (Å²) in [6, 6.07) is 2.74. The van der Waals surface area contributed by atoms with Crippen LogP contribution in [0.15, 0.2) is 6.07 Å². The minimum Gasteiger partial charge on any atom is -0.379 e. The Hall–Kier alpha value is -1.20. The van der Waals surface area contributed by atoms with Crippen LogP contribution in [-0.2, 0) is 4.74 Å². The van der Waals surface area contributed by atoms with Crippen LogP contribution in [0.3, 0.4) is 0 Å². The summed E-state index contributed by atoms with van der Waals surface area (Å²) in [6.07, 6.45) is 2.41. The Balaban J connectivity index is 1.60. The molecule has 110 valence electrons.